The Hall–Kier alpha value is -2.59. The summed E-state index contributed by atoms with van der Waals surface area (Å²) in [6.07, 6.45) is 0. The van der Waals surface area contributed by atoms with Gasteiger partial charge in [0.2, 0.25) is 0 Å². The average Bonchev–Trinajstić information content (AvgIpc) is 3.27. The minimum Gasteiger partial charge on any atom is -0.320 e. The monoisotopic (exact) mass is 422 g/mol. The van der Waals surface area contributed by atoms with E-state index in [4.69, 9.17) is 21.8 Å². The van der Waals surface area contributed by atoms with Crippen LogP contribution in [0.2, 0.25) is 5.02 Å². The fourth-order valence-corrected chi connectivity index (χ4v) is 4.50. The summed E-state index contributed by atoms with van der Waals surface area (Å²) in [6.45, 7) is 1.99. The molecule has 4 rings (SSSR count). The molecule has 0 N–H and O–H groups in total. The number of halogens is 1. The highest BCUT2D eigenvalue weighted by atomic mass is 35.5. The highest BCUT2D eigenvalue weighted by Gasteiger charge is 2.20. The van der Waals surface area contributed by atoms with Gasteiger partial charge in [0.05, 0.1) is 16.6 Å². The van der Waals surface area contributed by atoms with Crippen molar-refractivity contribution < 1.29 is 0 Å². The van der Waals surface area contributed by atoms with Crippen LogP contribution in [-0.2, 0) is 7.05 Å². The fraction of sp³-hybridized carbons (Fsp3) is 0.0952. The van der Waals surface area contributed by atoms with Crippen LogP contribution in [-0.4, -0.2) is 14.5 Å². The summed E-state index contributed by atoms with van der Waals surface area (Å²) >= 11 is 9.26. The lowest BCUT2D eigenvalue weighted by atomic mass is 10.1. The Labute approximate surface area is 176 Å². The number of benzene rings is 2. The Morgan fingerprint density at radius 1 is 1.07 bits per heavy atom. The number of aryl methyl sites for hydroxylation is 1. The number of nitriles is 1. The van der Waals surface area contributed by atoms with Crippen LogP contribution in [0.5, 0.6) is 0 Å². The zero-order valence-corrected chi connectivity index (χ0v) is 17.6. The smallest absolute Gasteiger partial charge is 0.160 e. The third-order valence-corrected chi connectivity index (χ3v) is 6.40. The molecule has 138 valence electrons. The van der Waals surface area contributed by atoms with Gasteiger partial charge >= 0.3 is 0 Å². The van der Waals surface area contributed by atoms with Gasteiger partial charge in [-0.25, -0.2) is 9.97 Å². The first-order valence-electron chi connectivity index (χ1n) is 8.48. The predicted molar refractivity (Wildman–Crippen MR) is 115 cm³/mol. The molecule has 0 unspecified atom stereocenters. The second kappa shape index (κ2) is 7.80. The van der Waals surface area contributed by atoms with Gasteiger partial charge in [0.1, 0.15) is 16.4 Å². The Balaban J connectivity index is 1.84. The van der Waals surface area contributed by atoms with Crippen LogP contribution in [0.15, 0.2) is 63.8 Å². The summed E-state index contributed by atoms with van der Waals surface area (Å²) in [7, 11) is 2.00. The molecule has 0 fully saturated rings. The Bertz CT molecular complexity index is 1170. The van der Waals surface area contributed by atoms with E-state index in [1.165, 1.54) is 0 Å². The van der Waals surface area contributed by atoms with E-state index >= 15 is 0 Å². The normalized spacial score (nSPS) is 10.8. The maximum Gasteiger partial charge on any atom is 0.160 e. The zero-order valence-electron chi connectivity index (χ0n) is 15.2. The molecule has 2 aromatic carbocycles. The van der Waals surface area contributed by atoms with Gasteiger partial charge in [0, 0.05) is 27.9 Å². The Kier molecular flexibility index (Phi) is 5.23. The molecule has 0 spiro atoms. The standard InChI is InChI=1S/C21H15ClN4S2/c1-13-24-18(12-27-13)20-25-19(15-5-3-14(11-23)4-6-15)21(26(20)2)28-17-9-7-16(22)8-10-17/h3-10,12H,1-2H3. The maximum absolute atomic E-state index is 9.08. The summed E-state index contributed by atoms with van der Waals surface area (Å²) in [5, 5.41) is 13.8. The van der Waals surface area contributed by atoms with Gasteiger partial charge in [-0.2, -0.15) is 5.26 Å². The van der Waals surface area contributed by atoms with Crippen LogP contribution in [0.1, 0.15) is 10.6 Å². The summed E-state index contributed by atoms with van der Waals surface area (Å²) in [6, 6.07) is 17.4. The summed E-state index contributed by atoms with van der Waals surface area (Å²) in [5.74, 6) is 0.820. The van der Waals surface area contributed by atoms with Gasteiger partial charge in [-0.05, 0) is 43.3 Å². The van der Waals surface area contributed by atoms with Crippen molar-refractivity contribution >= 4 is 34.7 Å². The number of imidazole rings is 1. The lowest BCUT2D eigenvalue weighted by molar-refractivity contribution is 0.832. The van der Waals surface area contributed by atoms with E-state index in [9.17, 15) is 0 Å². The van der Waals surface area contributed by atoms with Gasteiger partial charge in [-0.3, -0.25) is 0 Å². The van der Waals surface area contributed by atoms with Crippen molar-refractivity contribution in [2.24, 2.45) is 7.05 Å². The van der Waals surface area contributed by atoms with Crippen LogP contribution in [0.3, 0.4) is 0 Å². The molecule has 0 aliphatic heterocycles. The molecule has 2 heterocycles. The quantitative estimate of drug-likeness (QED) is 0.393. The minimum atomic E-state index is 0.627. The van der Waals surface area contributed by atoms with Gasteiger partial charge in [-0.1, -0.05) is 35.5 Å². The third-order valence-electron chi connectivity index (χ3n) is 4.21. The molecule has 4 aromatic rings. The first-order chi connectivity index (χ1) is 13.5. The van der Waals surface area contributed by atoms with E-state index < -0.39 is 0 Å². The van der Waals surface area contributed by atoms with E-state index in [-0.39, 0.29) is 0 Å². The third kappa shape index (κ3) is 3.69. The van der Waals surface area contributed by atoms with Gasteiger partial charge in [0.25, 0.3) is 0 Å². The Morgan fingerprint density at radius 2 is 1.79 bits per heavy atom. The maximum atomic E-state index is 9.08. The molecular formula is C21H15ClN4S2. The molecule has 0 bridgehead atoms. The zero-order chi connectivity index (χ0) is 19.7. The van der Waals surface area contributed by atoms with Crippen molar-refractivity contribution in [3.05, 3.63) is 69.5 Å². The second-order valence-electron chi connectivity index (χ2n) is 6.15. The lowest BCUT2D eigenvalue weighted by Gasteiger charge is -2.07. The topological polar surface area (TPSA) is 54.5 Å². The lowest BCUT2D eigenvalue weighted by Crippen LogP contribution is -1.95. The molecule has 0 amide bonds. The first kappa shape index (κ1) is 18.8. The molecule has 4 nitrogen and oxygen atoms in total. The van der Waals surface area contributed by atoms with Crippen molar-refractivity contribution in [1.82, 2.24) is 14.5 Å². The largest absolute Gasteiger partial charge is 0.320 e. The van der Waals surface area contributed by atoms with Crippen molar-refractivity contribution in [1.29, 1.82) is 5.26 Å². The molecule has 7 heteroatoms. The van der Waals surface area contributed by atoms with Crippen molar-refractivity contribution in [3.63, 3.8) is 0 Å². The highest BCUT2D eigenvalue weighted by molar-refractivity contribution is 7.99. The number of rotatable bonds is 4. The molecule has 28 heavy (non-hydrogen) atoms. The van der Waals surface area contributed by atoms with Crippen molar-refractivity contribution in [3.8, 4) is 28.8 Å². The molecule has 0 radical (unpaired) electrons. The van der Waals surface area contributed by atoms with Crippen molar-refractivity contribution in [2.45, 2.75) is 16.8 Å². The fourth-order valence-electron chi connectivity index (χ4n) is 2.80. The number of thiazole rings is 1. The SMILES string of the molecule is Cc1nc(-c2nc(-c3ccc(C#N)cc3)c(Sc3ccc(Cl)cc3)n2C)cs1. The minimum absolute atomic E-state index is 0.627. The average molecular weight is 423 g/mol. The summed E-state index contributed by atoms with van der Waals surface area (Å²) in [4.78, 5) is 10.6. The molecule has 0 aliphatic carbocycles. The summed E-state index contributed by atoms with van der Waals surface area (Å²) in [5.41, 5.74) is 3.32. The van der Waals surface area contributed by atoms with Crippen LogP contribution in [0.25, 0.3) is 22.8 Å². The van der Waals surface area contributed by atoms with E-state index in [0.29, 0.717) is 10.6 Å². The number of hydrogen-bond acceptors (Lipinski definition) is 5. The van der Waals surface area contributed by atoms with E-state index in [1.807, 2.05) is 67.9 Å². The van der Waals surface area contributed by atoms with Gasteiger partial charge in [0.15, 0.2) is 5.82 Å². The van der Waals surface area contributed by atoms with Crippen LogP contribution >= 0.6 is 34.7 Å². The highest BCUT2D eigenvalue weighted by Crippen LogP contribution is 2.39. The van der Waals surface area contributed by atoms with E-state index in [1.54, 1.807) is 23.1 Å². The van der Waals surface area contributed by atoms with Gasteiger partial charge in [-0.15, -0.1) is 11.3 Å². The molecule has 0 aliphatic rings. The molecule has 0 atom stereocenters. The van der Waals surface area contributed by atoms with E-state index in [2.05, 4.69) is 15.6 Å². The number of hydrogen-bond donors (Lipinski definition) is 0. The summed E-state index contributed by atoms with van der Waals surface area (Å²) < 4.78 is 2.07. The predicted octanol–water partition coefficient (Wildman–Crippen LogP) is 6.20. The molecule has 2 aromatic heterocycles. The van der Waals surface area contributed by atoms with E-state index in [0.717, 1.165) is 37.7 Å². The molecular weight excluding hydrogens is 408 g/mol. The second-order valence-corrected chi connectivity index (χ2v) is 8.71. The van der Waals surface area contributed by atoms with Crippen LogP contribution in [0, 0.1) is 18.3 Å². The van der Waals surface area contributed by atoms with Crippen molar-refractivity contribution in [2.75, 3.05) is 0 Å². The number of aromatic nitrogens is 3. The number of nitrogens with zero attached hydrogens (tertiary/aromatic N) is 4. The van der Waals surface area contributed by atoms with Gasteiger partial charge < -0.3 is 4.57 Å². The van der Waals surface area contributed by atoms with Crippen LogP contribution < -0.4 is 0 Å². The Morgan fingerprint density at radius 3 is 2.39 bits per heavy atom. The first-order valence-corrected chi connectivity index (χ1v) is 10.6. The molecule has 0 saturated carbocycles. The van der Waals surface area contributed by atoms with Crippen LogP contribution in [0.4, 0.5) is 0 Å². The molecule has 0 saturated heterocycles.